The molecular formula is C8H4ClNO3S. The first kappa shape index (κ1) is 9.36. The summed E-state index contributed by atoms with van der Waals surface area (Å²) in [4.78, 5) is 22.5. The van der Waals surface area contributed by atoms with E-state index in [9.17, 15) is 13.8 Å². The van der Waals surface area contributed by atoms with Crippen molar-refractivity contribution in [3.05, 3.63) is 23.8 Å². The minimum Gasteiger partial charge on any atom is -0.318 e. The third-order valence-corrected chi connectivity index (χ3v) is 3.03. The summed E-state index contributed by atoms with van der Waals surface area (Å²) in [5.74, 6) is -1.29. The summed E-state index contributed by atoms with van der Waals surface area (Å²) >= 11 is 0. The second-order valence-electron chi connectivity index (χ2n) is 2.71. The summed E-state index contributed by atoms with van der Waals surface area (Å²) in [6.45, 7) is 0. The Morgan fingerprint density at radius 3 is 2.64 bits per heavy atom. The molecule has 1 aliphatic heterocycles. The van der Waals surface area contributed by atoms with E-state index >= 15 is 0 Å². The van der Waals surface area contributed by atoms with Crippen molar-refractivity contribution in [1.82, 2.24) is 0 Å². The van der Waals surface area contributed by atoms with Gasteiger partial charge in [0, 0.05) is 0 Å². The zero-order chi connectivity index (χ0) is 10.3. The lowest BCUT2D eigenvalue weighted by molar-refractivity contribution is -0.112. The fourth-order valence-corrected chi connectivity index (χ4v) is 1.89. The summed E-state index contributed by atoms with van der Waals surface area (Å²) in [7, 11) is 3.68. The third-order valence-electron chi connectivity index (χ3n) is 1.88. The van der Waals surface area contributed by atoms with Crippen LogP contribution in [0.25, 0.3) is 0 Å². The summed E-state index contributed by atoms with van der Waals surface area (Å²) in [6, 6.07) is 4.37. The van der Waals surface area contributed by atoms with Gasteiger partial charge in [-0.05, 0) is 28.9 Å². The highest BCUT2D eigenvalue weighted by molar-refractivity contribution is 8.08. The summed E-state index contributed by atoms with van der Waals surface area (Å²) in [6.07, 6.45) is 0. The van der Waals surface area contributed by atoms with E-state index < -0.39 is 21.7 Å². The van der Waals surface area contributed by atoms with Crippen LogP contribution in [0.3, 0.4) is 0 Å². The number of hydrogen-bond donors (Lipinski definition) is 1. The lowest BCUT2D eigenvalue weighted by Gasteiger charge is -1.97. The molecule has 0 aromatic heterocycles. The Hall–Kier alpha value is -1.20. The van der Waals surface area contributed by atoms with Crippen LogP contribution in [-0.4, -0.2) is 15.9 Å². The van der Waals surface area contributed by atoms with E-state index in [2.05, 4.69) is 5.32 Å². The number of anilines is 1. The van der Waals surface area contributed by atoms with Crippen LogP contribution in [0, 0.1) is 0 Å². The maximum absolute atomic E-state index is 11.2. The molecule has 1 amide bonds. The van der Waals surface area contributed by atoms with E-state index in [0.29, 0.717) is 10.6 Å². The Bertz CT molecular complexity index is 472. The Morgan fingerprint density at radius 1 is 1.29 bits per heavy atom. The van der Waals surface area contributed by atoms with Crippen LogP contribution < -0.4 is 5.32 Å². The fourth-order valence-electron chi connectivity index (χ4n) is 1.22. The highest BCUT2D eigenvalue weighted by Gasteiger charge is 2.28. The number of carbonyl (C=O) groups excluding carboxylic acids is 2. The Morgan fingerprint density at radius 2 is 2.00 bits per heavy atom. The smallest absolute Gasteiger partial charge is 0.296 e. The number of ketones is 1. The molecule has 72 valence electrons. The molecule has 6 heteroatoms. The van der Waals surface area contributed by atoms with Gasteiger partial charge >= 0.3 is 0 Å². The van der Waals surface area contributed by atoms with E-state index in [4.69, 9.17) is 10.7 Å². The largest absolute Gasteiger partial charge is 0.318 e. The third kappa shape index (κ3) is 1.34. The first-order valence-electron chi connectivity index (χ1n) is 3.67. The van der Waals surface area contributed by atoms with Gasteiger partial charge in [-0.25, -0.2) is 4.21 Å². The number of hydrogen-bond acceptors (Lipinski definition) is 3. The molecule has 4 nitrogen and oxygen atoms in total. The van der Waals surface area contributed by atoms with Crippen LogP contribution in [0.15, 0.2) is 23.1 Å². The minimum absolute atomic E-state index is 0.224. The van der Waals surface area contributed by atoms with Crippen molar-refractivity contribution in [2.24, 2.45) is 0 Å². The first-order chi connectivity index (χ1) is 6.59. The van der Waals surface area contributed by atoms with E-state index in [1.165, 1.54) is 18.2 Å². The van der Waals surface area contributed by atoms with E-state index in [1.54, 1.807) is 0 Å². The molecule has 0 fully saturated rings. The molecule has 1 aromatic rings. The lowest BCUT2D eigenvalue weighted by Crippen LogP contribution is -2.12. The monoisotopic (exact) mass is 229 g/mol. The lowest BCUT2D eigenvalue weighted by atomic mass is 10.1. The van der Waals surface area contributed by atoms with E-state index in [-0.39, 0.29) is 5.56 Å². The van der Waals surface area contributed by atoms with Gasteiger partial charge < -0.3 is 5.32 Å². The van der Waals surface area contributed by atoms with Gasteiger partial charge in [0.1, 0.15) is 10.0 Å². The molecule has 1 heterocycles. The number of rotatable bonds is 1. The number of benzene rings is 1. The molecule has 0 radical (unpaired) electrons. The molecule has 0 aliphatic carbocycles. The van der Waals surface area contributed by atoms with Crippen LogP contribution in [0.2, 0.25) is 0 Å². The van der Waals surface area contributed by atoms with Crippen LogP contribution in [-0.2, 0) is 14.8 Å². The molecule has 0 spiro atoms. The molecule has 0 saturated carbocycles. The Kier molecular flexibility index (Phi) is 2.13. The van der Waals surface area contributed by atoms with E-state index in [0.717, 1.165) is 0 Å². The second kappa shape index (κ2) is 3.18. The minimum atomic E-state index is -1.67. The maximum Gasteiger partial charge on any atom is 0.296 e. The van der Waals surface area contributed by atoms with Crippen LogP contribution in [0.1, 0.15) is 10.4 Å². The predicted octanol–water partition coefficient (Wildman–Crippen LogP) is 1.08. The summed E-state index contributed by atoms with van der Waals surface area (Å²) in [5, 5.41) is 2.38. The molecule has 14 heavy (non-hydrogen) atoms. The number of carbonyl (C=O) groups is 2. The van der Waals surface area contributed by atoms with Crippen molar-refractivity contribution in [2.45, 2.75) is 4.90 Å². The molecule has 1 unspecified atom stereocenters. The quantitative estimate of drug-likeness (QED) is 0.579. The SMILES string of the molecule is O=C1Nc2ccc(S(=O)Cl)cc2C1=O. The summed E-state index contributed by atoms with van der Waals surface area (Å²) in [5.41, 5.74) is 0.660. The maximum atomic E-state index is 11.2. The second-order valence-corrected chi connectivity index (χ2v) is 4.47. The number of halogens is 1. The molecule has 0 bridgehead atoms. The van der Waals surface area contributed by atoms with Crippen molar-refractivity contribution in [3.63, 3.8) is 0 Å². The van der Waals surface area contributed by atoms with Gasteiger partial charge in [-0.1, -0.05) is 0 Å². The molecule has 1 aromatic carbocycles. The van der Waals surface area contributed by atoms with E-state index in [1.807, 2.05) is 0 Å². The van der Waals surface area contributed by atoms with Crippen LogP contribution in [0.4, 0.5) is 5.69 Å². The van der Waals surface area contributed by atoms with Crippen molar-refractivity contribution in [1.29, 1.82) is 0 Å². The van der Waals surface area contributed by atoms with Gasteiger partial charge in [0.15, 0.2) is 0 Å². The van der Waals surface area contributed by atoms with Crippen LogP contribution in [0.5, 0.6) is 0 Å². The Labute approximate surface area is 86.2 Å². The highest BCUT2D eigenvalue weighted by Crippen LogP contribution is 2.25. The predicted molar refractivity (Wildman–Crippen MR) is 51.7 cm³/mol. The molecule has 2 rings (SSSR count). The first-order valence-corrected chi connectivity index (χ1v) is 5.65. The fraction of sp³-hybridized carbons (Fsp3) is 0. The van der Waals surface area contributed by atoms with Crippen molar-refractivity contribution in [2.75, 3.05) is 5.32 Å². The number of nitrogens with one attached hydrogen (secondary N) is 1. The molecule has 1 atom stereocenters. The topological polar surface area (TPSA) is 63.2 Å². The highest BCUT2D eigenvalue weighted by atomic mass is 35.7. The van der Waals surface area contributed by atoms with Crippen molar-refractivity contribution in [3.8, 4) is 0 Å². The van der Waals surface area contributed by atoms with Gasteiger partial charge in [-0.3, -0.25) is 9.59 Å². The zero-order valence-electron chi connectivity index (χ0n) is 6.74. The van der Waals surface area contributed by atoms with Gasteiger partial charge in [-0.15, -0.1) is 0 Å². The molecule has 1 aliphatic rings. The molecule has 0 saturated heterocycles. The number of Topliss-reactive ketones (excluding diaryl/α,β-unsaturated/α-hetero) is 1. The average Bonchev–Trinajstić information content (AvgIpc) is 2.43. The number of fused-ring (bicyclic) bond motifs is 1. The van der Waals surface area contributed by atoms with Crippen LogP contribution >= 0.6 is 10.7 Å². The van der Waals surface area contributed by atoms with Gasteiger partial charge in [0.05, 0.1) is 16.1 Å². The molecule has 1 N–H and O–H groups in total. The number of amides is 1. The summed E-state index contributed by atoms with van der Waals surface area (Å²) < 4.78 is 10.9. The zero-order valence-corrected chi connectivity index (χ0v) is 8.32. The van der Waals surface area contributed by atoms with Gasteiger partial charge in [0.25, 0.3) is 11.7 Å². The normalized spacial score (nSPS) is 16.4. The Balaban J connectivity index is 2.57. The van der Waals surface area contributed by atoms with Crippen molar-refractivity contribution >= 4 is 38.1 Å². The average molecular weight is 230 g/mol. The standard InChI is InChI=1S/C8H4ClNO3S/c9-14(13)4-1-2-6-5(3-4)7(11)8(12)10-6/h1-3H,(H,10,11,12). The van der Waals surface area contributed by atoms with Gasteiger partial charge in [-0.2, -0.15) is 0 Å². The van der Waals surface area contributed by atoms with Crippen molar-refractivity contribution < 1.29 is 13.8 Å². The molecular weight excluding hydrogens is 226 g/mol. The van der Waals surface area contributed by atoms with Gasteiger partial charge in [0.2, 0.25) is 0 Å².